The summed E-state index contributed by atoms with van der Waals surface area (Å²) in [6.45, 7) is 6.43. The summed E-state index contributed by atoms with van der Waals surface area (Å²) in [4.78, 5) is 0. The quantitative estimate of drug-likeness (QED) is 0.867. The summed E-state index contributed by atoms with van der Waals surface area (Å²) in [5, 5.41) is 11.1. The molecule has 1 aromatic carbocycles. The Labute approximate surface area is 109 Å². The van der Waals surface area contributed by atoms with Gasteiger partial charge < -0.3 is 5.11 Å². The molecule has 0 spiro atoms. The molecule has 0 aromatic heterocycles. The normalized spacial score (nSPS) is 29.3. The van der Waals surface area contributed by atoms with Crippen molar-refractivity contribution >= 4 is 11.8 Å². The first-order valence-electron chi connectivity index (χ1n) is 6.41. The molecule has 1 nitrogen and oxygen atoms in total. The maximum Gasteiger partial charge on any atom is 0.0803 e. The number of benzene rings is 1. The van der Waals surface area contributed by atoms with Crippen molar-refractivity contribution < 1.29 is 5.11 Å². The van der Waals surface area contributed by atoms with Crippen LogP contribution in [0.15, 0.2) is 18.2 Å². The van der Waals surface area contributed by atoms with Gasteiger partial charge in [-0.25, -0.2) is 0 Å². The fraction of sp³-hybridized carbons (Fsp3) is 0.600. The van der Waals surface area contributed by atoms with Gasteiger partial charge in [0.25, 0.3) is 0 Å². The van der Waals surface area contributed by atoms with E-state index in [0.29, 0.717) is 5.25 Å². The molecule has 2 atom stereocenters. The van der Waals surface area contributed by atoms with E-state index in [-0.39, 0.29) is 0 Å². The molecule has 1 aromatic rings. The highest BCUT2D eigenvalue weighted by Gasteiger charge is 2.36. The minimum absolute atomic E-state index is 0.345. The predicted molar refractivity (Wildman–Crippen MR) is 75.7 cm³/mol. The van der Waals surface area contributed by atoms with Gasteiger partial charge in [-0.2, -0.15) is 11.8 Å². The number of hydrogen-bond acceptors (Lipinski definition) is 2. The van der Waals surface area contributed by atoms with E-state index in [4.69, 9.17) is 0 Å². The average Bonchev–Trinajstić information content (AvgIpc) is 2.28. The van der Waals surface area contributed by atoms with Gasteiger partial charge in [0.05, 0.1) is 5.60 Å². The maximum absolute atomic E-state index is 10.7. The molecule has 0 saturated carbocycles. The molecule has 1 fully saturated rings. The van der Waals surface area contributed by atoms with Crippen molar-refractivity contribution in [2.24, 2.45) is 0 Å². The standard InChI is InChI=1S/C15H22OS/c1-11-5-6-14(9-12(11)2)10-15(16)7-4-8-17-13(15)3/h5-6,9,13,16H,4,7-8,10H2,1-3H3. The van der Waals surface area contributed by atoms with E-state index in [1.54, 1.807) is 0 Å². The molecule has 1 aliphatic rings. The van der Waals surface area contributed by atoms with Crippen LogP contribution in [0.5, 0.6) is 0 Å². The first-order chi connectivity index (χ1) is 8.01. The van der Waals surface area contributed by atoms with Crippen LogP contribution < -0.4 is 0 Å². The Morgan fingerprint density at radius 2 is 2.12 bits per heavy atom. The van der Waals surface area contributed by atoms with Gasteiger partial charge in [-0.3, -0.25) is 0 Å². The molecule has 2 unspecified atom stereocenters. The molecule has 0 bridgehead atoms. The average molecular weight is 250 g/mol. The number of aryl methyl sites for hydroxylation is 2. The smallest absolute Gasteiger partial charge is 0.0803 e. The number of hydrogen-bond donors (Lipinski definition) is 1. The van der Waals surface area contributed by atoms with Gasteiger partial charge >= 0.3 is 0 Å². The second-order valence-corrected chi connectivity index (χ2v) is 6.76. The lowest BCUT2D eigenvalue weighted by Gasteiger charge is -2.38. The van der Waals surface area contributed by atoms with Gasteiger partial charge in [0.1, 0.15) is 0 Å². The lowest BCUT2D eigenvalue weighted by Crippen LogP contribution is -2.43. The summed E-state index contributed by atoms with van der Waals surface area (Å²) in [5.41, 5.74) is 3.41. The summed E-state index contributed by atoms with van der Waals surface area (Å²) in [7, 11) is 0. The number of aliphatic hydroxyl groups is 1. The summed E-state index contributed by atoms with van der Waals surface area (Å²) in [6, 6.07) is 6.54. The van der Waals surface area contributed by atoms with Crippen LogP contribution in [0.4, 0.5) is 0 Å². The van der Waals surface area contributed by atoms with E-state index in [1.807, 2.05) is 11.8 Å². The van der Waals surface area contributed by atoms with Gasteiger partial charge in [0, 0.05) is 11.7 Å². The monoisotopic (exact) mass is 250 g/mol. The molecule has 94 valence electrons. The van der Waals surface area contributed by atoms with E-state index < -0.39 is 5.60 Å². The molecule has 17 heavy (non-hydrogen) atoms. The summed E-state index contributed by atoms with van der Waals surface area (Å²) < 4.78 is 0. The van der Waals surface area contributed by atoms with Crippen molar-refractivity contribution in [3.63, 3.8) is 0 Å². The lowest BCUT2D eigenvalue weighted by molar-refractivity contribution is 0.0297. The Bertz CT molecular complexity index is 402. The van der Waals surface area contributed by atoms with Crippen molar-refractivity contribution in [2.75, 3.05) is 5.75 Å². The summed E-state index contributed by atoms with van der Waals surface area (Å²) >= 11 is 1.90. The van der Waals surface area contributed by atoms with Crippen LogP contribution in [0.25, 0.3) is 0 Å². The van der Waals surface area contributed by atoms with Crippen molar-refractivity contribution in [1.82, 2.24) is 0 Å². The number of thioether (sulfide) groups is 1. The Balaban J connectivity index is 2.16. The third kappa shape index (κ3) is 2.86. The number of rotatable bonds is 2. The highest BCUT2D eigenvalue weighted by Crippen LogP contribution is 2.36. The third-order valence-corrected chi connectivity index (χ3v) is 5.42. The molecule has 0 aliphatic carbocycles. The Kier molecular flexibility index (Phi) is 3.84. The van der Waals surface area contributed by atoms with Gasteiger partial charge in [-0.15, -0.1) is 0 Å². The summed E-state index contributed by atoms with van der Waals surface area (Å²) in [5.74, 6) is 1.19. The molecular weight excluding hydrogens is 228 g/mol. The van der Waals surface area contributed by atoms with Crippen LogP contribution in [0.2, 0.25) is 0 Å². The molecule has 1 aliphatic heterocycles. The third-order valence-electron chi connectivity index (χ3n) is 3.96. The molecule has 2 rings (SSSR count). The molecule has 2 heteroatoms. The lowest BCUT2D eigenvalue weighted by atomic mass is 9.86. The molecule has 1 heterocycles. The SMILES string of the molecule is Cc1ccc(CC2(O)CCCSC2C)cc1C. The maximum atomic E-state index is 10.7. The Morgan fingerprint density at radius 1 is 1.35 bits per heavy atom. The molecule has 0 radical (unpaired) electrons. The van der Waals surface area contributed by atoms with Crippen molar-refractivity contribution in [1.29, 1.82) is 0 Å². The van der Waals surface area contributed by atoms with E-state index in [9.17, 15) is 5.11 Å². The fourth-order valence-electron chi connectivity index (χ4n) is 2.50. The Hall–Kier alpha value is -0.470. The van der Waals surface area contributed by atoms with Crippen LogP contribution in [0.1, 0.15) is 36.5 Å². The first kappa shape index (κ1) is 13.0. The van der Waals surface area contributed by atoms with E-state index in [2.05, 4.69) is 39.0 Å². The zero-order valence-corrected chi connectivity index (χ0v) is 11.8. The van der Waals surface area contributed by atoms with Crippen LogP contribution in [0.3, 0.4) is 0 Å². The molecule has 0 amide bonds. The highest BCUT2D eigenvalue weighted by molar-refractivity contribution is 8.00. The van der Waals surface area contributed by atoms with Crippen LogP contribution in [-0.4, -0.2) is 21.7 Å². The fourth-order valence-corrected chi connectivity index (χ4v) is 3.67. The first-order valence-corrected chi connectivity index (χ1v) is 7.46. The van der Waals surface area contributed by atoms with E-state index in [0.717, 1.165) is 19.3 Å². The zero-order chi connectivity index (χ0) is 12.5. The topological polar surface area (TPSA) is 20.2 Å². The molecular formula is C15H22OS. The second-order valence-electron chi connectivity index (χ2n) is 5.32. The zero-order valence-electron chi connectivity index (χ0n) is 11.0. The minimum Gasteiger partial charge on any atom is -0.388 e. The van der Waals surface area contributed by atoms with Crippen molar-refractivity contribution in [3.05, 3.63) is 34.9 Å². The van der Waals surface area contributed by atoms with Crippen LogP contribution in [0, 0.1) is 13.8 Å². The van der Waals surface area contributed by atoms with Crippen molar-refractivity contribution in [3.8, 4) is 0 Å². The Morgan fingerprint density at radius 3 is 2.76 bits per heavy atom. The van der Waals surface area contributed by atoms with E-state index in [1.165, 1.54) is 22.4 Å². The van der Waals surface area contributed by atoms with Gasteiger partial charge in [0.2, 0.25) is 0 Å². The second kappa shape index (κ2) is 5.03. The largest absolute Gasteiger partial charge is 0.388 e. The molecule has 1 saturated heterocycles. The molecule has 1 N–H and O–H groups in total. The van der Waals surface area contributed by atoms with Gasteiger partial charge in [0.15, 0.2) is 0 Å². The van der Waals surface area contributed by atoms with Crippen LogP contribution in [-0.2, 0) is 6.42 Å². The van der Waals surface area contributed by atoms with E-state index >= 15 is 0 Å². The van der Waals surface area contributed by atoms with Crippen LogP contribution >= 0.6 is 11.8 Å². The van der Waals surface area contributed by atoms with Gasteiger partial charge in [-0.05, 0) is 49.1 Å². The van der Waals surface area contributed by atoms with Gasteiger partial charge in [-0.1, -0.05) is 25.1 Å². The summed E-state index contributed by atoms with van der Waals surface area (Å²) in [6.07, 6.45) is 2.87. The highest BCUT2D eigenvalue weighted by atomic mass is 32.2. The minimum atomic E-state index is -0.509. The predicted octanol–water partition coefficient (Wildman–Crippen LogP) is 3.49. The van der Waals surface area contributed by atoms with Crippen molar-refractivity contribution in [2.45, 2.75) is 50.9 Å².